The van der Waals surface area contributed by atoms with E-state index >= 15 is 0 Å². The second-order valence-corrected chi connectivity index (χ2v) is 7.70. The number of amides is 1. The minimum atomic E-state index is -0.825. The fourth-order valence-corrected chi connectivity index (χ4v) is 3.84. The highest BCUT2D eigenvalue weighted by Gasteiger charge is 2.34. The zero-order valence-electron chi connectivity index (χ0n) is 14.2. The van der Waals surface area contributed by atoms with Crippen LogP contribution in [0.4, 0.5) is 0 Å². The van der Waals surface area contributed by atoms with Gasteiger partial charge in [-0.3, -0.25) is 14.8 Å². The van der Waals surface area contributed by atoms with Crippen LogP contribution in [0.3, 0.4) is 0 Å². The van der Waals surface area contributed by atoms with E-state index in [0.29, 0.717) is 38.0 Å². The first-order valence-electron chi connectivity index (χ1n) is 8.55. The lowest BCUT2D eigenvalue weighted by atomic mass is 9.91. The molecule has 0 aliphatic carbocycles. The molecule has 1 amide bonds. The first kappa shape index (κ1) is 17.2. The highest BCUT2D eigenvalue weighted by molar-refractivity contribution is 9.10. The molecule has 1 saturated heterocycles. The van der Waals surface area contributed by atoms with Crippen LogP contribution < -0.4 is 0 Å². The van der Waals surface area contributed by atoms with Crippen molar-refractivity contribution >= 4 is 32.7 Å². The Balaban J connectivity index is 1.44. The molecule has 6 nitrogen and oxygen atoms in total. The average molecular weight is 415 g/mol. The Morgan fingerprint density at radius 3 is 2.77 bits per heavy atom. The van der Waals surface area contributed by atoms with E-state index in [1.165, 1.54) is 0 Å². The van der Waals surface area contributed by atoms with Crippen molar-refractivity contribution in [2.24, 2.45) is 0 Å². The van der Waals surface area contributed by atoms with Crippen LogP contribution in [0.2, 0.25) is 0 Å². The molecule has 1 fully saturated rings. The van der Waals surface area contributed by atoms with Crippen molar-refractivity contribution in [3.05, 3.63) is 59.2 Å². The lowest BCUT2D eigenvalue weighted by molar-refractivity contribution is -0.0284. The molecule has 26 heavy (non-hydrogen) atoms. The van der Waals surface area contributed by atoms with Crippen molar-refractivity contribution in [3.8, 4) is 0 Å². The predicted molar refractivity (Wildman–Crippen MR) is 102 cm³/mol. The summed E-state index contributed by atoms with van der Waals surface area (Å²) < 4.78 is 2.82. The second-order valence-electron chi connectivity index (χ2n) is 6.79. The van der Waals surface area contributed by atoms with Gasteiger partial charge in [-0.05, 0) is 47.0 Å². The van der Waals surface area contributed by atoms with Gasteiger partial charge >= 0.3 is 0 Å². The van der Waals surface area contributed by atoms with E-state index in [1.807, 2.05) is 29.1 Å². The molecule has 4 rings (SSSR count). The van der Waals surface area contributed by atoms with Gasteiger partial charge < -0.3 is 14.6 Å². The van der Waals surface area contributed by atoms with Crippen molar-refractivity contribution < 1.29 is 9.90 Å². The molecule has 1 N–H and O–H groups in total. The molecule has 0 radical (unpaired) electrons. The van der Waals surface area contributed by atoms with Crippen LogP contribution in [-0.2, 0) is 6.54 Å². The molecule has 1 aliphatic heterocycles. The Labute approximate surface area is 159 Å². The van der Waals surface area contributed by atoms with Crippen LogP contribution in [0.5, 0.6) is 0 Å². The largest absolute Gasteiger partial charge is 0.388 e. The van der Waals surface area contributed by atoms with E-state index in [0.717, 1.165) is 15.4 Å². The molecule has 3 aromatic rings. The van der Waals surface area contributed by atoms with Gasteiger partial charge in [0, 0.05) is 47.7 Å². The molecule has 0 unspecified atom stereocenters. The number of likely N-dealkylation sites (tertiary alicyclic amines) is 1. The Bertz CT molecular complexity index is 947. The monoisotopic (exact) mass is 414 g/mol. The fourth-order valence-electron chi connectivity index (χ4n) is 3.48. The van der Waals surface area contributed by atoms with E-state index in [4.69, 9.17) is 0 Å². The Kier molecular flexibility index (Phi) is 4.50. The molecule has 0 bridgehead atoms. The number of carbonyl (C=O) groups is 1. The topological polar surface area (TPSA) is 71.2 Å². The first-order chi connectivity index (χ1) is 12.5. The third kappa shape index (κ3) is 3.37. The van der Waals surface area contributed by atoms with Crippen molar-refractivity contribution in [1.82, 2.24) is 19.4 Å². The average Bonchev–Trinajstić information content (AvgIpc) is 3.04. The lowest BCUT2D eigenvalue weighted by Gasteiger charge is -2.38. The van der Waals surface area contributed by atoms with Crippen LogP contribution in [-0.4, -0.2) is 49.1 Å². The predicted octanol–water partition coefficient (Wildman–Crippen LogP) is 2.86. The Morgan fingerprint density at radius 1 is 1.19 bits per heavy atom. The van der Waals surface area contributed by atoms with Gasteiger partial charge in [0.1, 0.15) is 0 Å². The van der Waals surface area contributed by atoms with Gasteiger partial charge in [-0.15, -0.1) is 0 Å². The number of rotatable bonds is 3. The summed E-state index contributed by atoms with van der Waals surface area (Å²) >= 11 is 3.34. The van der Waals surface area contributed by atoms with E-state index in [2.05, 4.69) is 25.9 Å². The molecule has 0 atom stereocenters. The summed E-state index contributed by atoms with van der Waals surface area (Å²) in [6.45, 7) is 1.56. The number of fused-ring (bicyclic) bond motifs is 1. The van der Waals surface area contributed by atoms with E-state index in [9.17, 15) is 9.90 Å². The quantitative estimate of drug-likeness (QED) is 0.714. The fraction of sp³-hybridized carbons (Fsp3) is 0.316. The molecule has 0 spiro atoms. The second kappa shape index (κ2) is 6.81. The van der Waals surface area contributed by atoms with Crippen molar-refractivity contribution in [2.45, 2.75) is 25.0 Å². The number of halogens is 1. The van der Waals surface area contributed by atoms with Crippen LogP contribution in [0, 0.1) is 0 Å². The number of aliphatic hydroxyl groups is 1. The molecule has 1 aliphatic rings. The highest BCUT2D eigenvalue weighted by Crippen LogP contribution is 2.27. The van der Waals surface area contributed by atoms with Crippen molar-refractivity contribution in [1.29, 1.82) is 0 Å². The maximum Gasteiger partial charge on any atom is 0.255 e. The number of pyridine rings is 2. The van der Waals surface area contributed by atoms with E-state index < -0.39 is 5.60 Å². The number of piperidine rings is 1. The minimum absolute atomic E-state index is 0.0449. The van der Waals surface area contributed by atoms with Crippen molar-refractivity contribution in [3.63, 3.8) is 0 Å². The summed E-state index contributed by atoms with van der Waals surface area (Å²) in [5.41, 5.74) is 0.751. The van der Waals surface area contributed by atoms with Crippen LogP contribution in [0.15, 0.2) is 53.7 Å². The van der Waals surface area contributed by atoms with E-state index in [-0.39, 0.29) is 5.91 Å². The van der Waals surface area contributed by atoms with Gasteiger partial charge in [-0.2, -0.15) is 0 Å². The van der Waals surface area contributed by atoms with Gasteiger partial charge in [-0.25, -0.2) is 0 Å². The van der Waals surface area contributed by atoms with Gasteiger partial charge in [0.05, 0.1) is 29.4 Å². The lowest BCUT2D eigenvalue weighted by Crippen LogP contribution is -2.48. The number of carbonyl (C=O) groups excluding carboxylic acids is 1. The summed E-state index contributed by atoms with van der Waals surface area (Å²) in [7, 11) is 0. The molecule has 134 valence electrons. The summed E-state index contributed by atoms with van der Waals surface area (Å²) in [5, 5.41) is 12.1. The Morgan fingerprint density at radius 2 is 2.00 bits per heavy atom. The molecule has 7 heteroatoms. The van der Waals surface area contributed by atoms with Gasteiger partial charge in [0.2, 0.25) is 0 Å². The molecular formula is C19H19BrN4O2. The maximum absolute atomic E-state index is 12.6. The number of aromatic nitrogens is 3. The van der Waals surface area contributed by atoms with Gasteiger partial charge in [-0.1, -0.05) is 0 Å². The summed E-state index contributed by atoms with van der Waals surface area (Å²) in [4.78, 5) is 22.6. The van der Waals surface area contributed by atoms with Crippen LogP contribution in [0.1, 0.15) is 23.2 Å². The van der Waals surface area contributed by atoms with Gasteiger partial charge in [0.15, 0.2) is 0 Å². The zero-order valence-corrected chi connectivity index (χ0v) is 15.8. The summed E-state index contributed by atoms with van der Waals surface area (Å²) in [6, 6.07) is 5.76. The SMILES string of the molecule is O=C(c1cncc(Br)c1)N1CCC(O)(Cn2ccc3ccncc32)CC1. The first-order valence-corrected chi connectivity index (χ1v) is 9.34. The molecule has 0 aromatic carbocycles. The highest BCUT2D eigenvalue weighted by atomic mass is 79.9. The maximum atomic E-state index is 12.6. The number of hydrogen-bond donors (Lipinski definition) is 1. The third-order valence-electron chi connectivity index (χ3n) is 4.97. The van der Waals surface area contributed by atoms with E-state index in [1.54, 1.807) is 29.6 Å². The third-order valence-corrected chi connectivity index (χ3v) is 5.41. The zero-order chi connectivity index (χ0) is 18.1. The molecular weight excluding hydrogens is 396 g/mol. The number of nitrogens with zero attached hydrogens (tertiary/aromatic N) is 4. The standard InChI is InChI=1S/C19H19BrN4O2/c20-16-9-15(10-22-11-16)18(25)23-7-3-19(26,4-8-23)13-24-6-2-14-1-5-21-12-17(14)24/h1-2,5-6,9-12,26H,3-4,7-8,13H2. The van der Waals surface area contributed by atoms with Gasteiger partial charge in [0.25, 0.3) is 5.91 Å². The number of hydrogen-bond acceptors (Lipinski definition) is 4. The normalized spacial score (nSPS) is 16.8. The van der Waals surface area contributed by atoms with Crippen LogP contribution >= 0.6 is 15.9 Å². The van der Waals surface area contributed by atoms with Crippen LogP contribution in [0.25, 0.3) is 10.9 Å². The molecule has 3 aromatic heterocycles. The van der Waals surface area contributed by atoms with Crippen molar-refractivity contribution in [2.75, 3.05) is 13.1 Å². The summed E-state index contributed by atoms with van der Waals surface area (Å²) in [5.74, 6) is -0.0449. The molecule has 0 saturated carbocycles. The summed E-state index contributed by atoms with van der Waals surface area (Å²) in [6.07, 6.45) is 9.88. The minimum Gasteiger partial charge on any atom is -0.388 e. The smallest absolute Gasteiger partial charge is 0.255 e. The Hall–Kier alpha value is -2.25. The molecule has 4 heterocycles.